The van der Waals surface area contributed by atoms with Crippen LogP contribution in [-0.2, 0) is 78.4 Å². The Labute approximate surface area is 523 Å². The molecule has 0 unspecified atom stereocenters. The molecule has 6 fully saturated rings. The zero-order chi connectivity index (χ0) is 64.7. The molecule has 0 radical (unpaired) electrons. The van der Waals surface area contributed by atoms with E-state index in [4.69, 9.17) is 37.4 Å². The standard InChI is InChI=1S/C31H36ClF2N5O6.C30H34ClF4N5O5/c1-30(29(43)44-3)8-6-17(40)12-19(30)28(42)39-11-7-18-20(32)4-5-23(45-15-21-26(27(33)34)37(2)36-35-21)25(18)22(39)14-38-16-31(9-10-31)13-24(38)41;1-28(27(43)44)6-9-30(34,35)11-17(28)26(42)40-10-5-16-18(31)3-4-21(45-14-19-24(25(32)33)38(2)37-36-19)23(16)20(40)13-39-15-29(7-8-29)12-22(39)41/h4-5,19,22,27H,6-16H2,1-3H3;3-4,17,20,25H,5-15H2,1-2H3,(H,43,44)/t19-,22+,30-;17-,20+,28-/m00/s1. The Morgan fingerprint density at radius 2 is 1.11 bits per heavy atom. The summed E-state index contributed by atoms with van der Waals surface area (Å²) < 4.78 is 104. The Morgan fingerprint density at radius 1 is 0.656 bits per heavy atom. The van der Waals surface area contributed by atoms with Gasteiger partial charge < -0.3 is 38.9 Å². The van der Waals surface area contributed by atoms with E-state index in [2.05, 4.69) is 20.6 Å². The molecule has 4 saturated carbocycles. The SMILES string of the molecule is COC(=O)[C@@]1(C)CCC(=O)C[C@H]1C(=O)N1CCc2c(Cl)ccc(OCc3nnn(C)c3C(F)F)c2[C@H]1CN1CC2(CC2)CC1=O.Cn1nnc(COc2ccc(Cl)c3c2[C@@H](CN2CC4(CC4)CC2=O)N(C(=O)[C@@H]2CC(F)(F)CC[C@]2(C)C(=O)O)CC3)c1C(F)F. The van der Waals surface area contributed by atoms with Crippen LogP contribution >= 0.6 is 23.2 Å². The topological polar surface area (TPSA) is 242 Å². The first-order valence-corrected chi connectivity index (χ1v) is 30.9. The lowest BCUT2D eigenvalue weighted by Gasteiger charge is -2.46. The van der Waals surface area contributed by atoms with Gasteiger partial charge in [-0.3, -0.25) is 33.6 Å². The number of carbonyl (C=O) groups excluding carboxylic acids is 6. The number of likely N-dealkylation sites (tertiary alicyclic amines) is 2. The number of amides is 4. The van der Waals surface area contributed by atoms with Crippen molar-refractivity contribution >= 4 is 64.6 Å². The van der Waals surface area contributed by atoms with Crippen molar-refractivity contribution in [2.45, 2.75) is 148 Å². The first kappa shape index (κ1) is 64.5. The number of carboxylic acids is 1. The van der Waals surface area contributed by atoms with Gasteiger partial charge in [0.2, 0.25) is 29.6 Å². The van der Waals surface area contributed by atoms with Crippen molar-refractivity contribution in [2.75, 3.05) is 46.4 Å². The highest BCUT2D eigenvalue weighted by Gasteiger charge is 2.59. The number of halogens is 8. The molecular weight excluding hydrogens is 1230 g/mol. The highest BCUT2D eigenvalue weighted by atomic mass is 35.5. The molecule has 2 aromatic carbocycles. The minimum atomic E-state index is -3.22. The van der Waals surface area contributed by atoms with E-state index >= 15 is 0 Å². The summed E-state index contributed by atoms with van der Waals surface area (Å²) in [6, 6.07) is 4.74. The Bertz CT molecular complexity index is 3560. The van der Waals surface area contributed by atoms with E-state index in [0.717, 1.165) is 40.6 Å². The number of alkyl halides is 6. The number of aryl methyl sites for hydroxylation is 2. The van der Waals surface area contributed by atoms with E-state index < -0.39 is 89.9 Å². The normalized spacial score (nSPS) is 26.2. The highest BCUT2D eigenvalue weighted by Crippen LogP contribution is 2.56. The third-order valence-corrected chi connectivity index (χ3v) is 21.1. The van der Waals surface area contributed by atoms with Gasteiger partial charge in [-0.25, -0.2) is 35.7 Å². The molecule has 486 valence electrons. The lowest BCUT2D eigenvalue weighted by atomic mass is 9.65. The molecule has 2 spiro atoms. The molecule has 6 heterocycles. The molecule has 90 heavy (non-hydrogen) atoms. The lowest BCUT2D eigenvalue weighted by Crippen LogP contribution is -2.55. The first-order chi connectivity index (χ1) is 42.5. The summed E-state index contributed by atoms with van der Waals surface area (Å²) in [6.45, 7) is 3.76. The molecule has 12 rings (SSSR count). The van der Waals surface area contributed by atoms with Crippen molar-refractivity contribution in [3.63, 3.8) is 0 Å². The zero-order valence-electron chi connectivity index (χ0n) is 50.4. The molecule has 6 atom stereocenters. The van der Waals surface area contributed by atoms with Gasteiger partial charge in [0.05, 0.1) is 41.9 Å². The van der Waals surface area contributed by atoms with Gasteiger partial charge in [-0.15, -0.1) is 10.2 Å². The van der Waals surface area contributed by atoms with Gasteiger partial charge in [0.15, 0.2) is 0 Å². The number of rotatable bonds is 16. The van der Waals surface area contributed by atoms with Gasteiger partial charge in [-0.1, -0.05) is 33.6 Å². The molecule has 29 heteroatoms. The molecule has 4 aliphatic heterocycles. The van der Waals surface area contributed by atoms with Crippen LogP contribution in [-0.4, -0.2) is 148 Å². The third-order valence-electron chi connectivity index (χ3n) is 20.4. The molecule has 4 amide bonds. The highest BCUT2D eigenvalue weighted by molar-refractivity contribution is 6.32. The van der Waals surface area contributed by atoms with Gasteiger partial charge in [0.1, 0.15) is 53.3 Å². The fraction of sp³-hybridized carbons (Fsp3) is 0.623. The van der Waals surface area contributed by atoms with E-state index in [1.807, 2.05) is 0 Å². The Hall–Kier alpha value is -7.03. The molecule has 1 N–H and O–H groups in total. The van der Waals surface area contributed by atoms with E-state index in [9.17, 15) is 65.0 Å². The first-order valence-electron chi connectivity index (χ1n) is 30.1. The summed E-state index contributed by atoms with van der Waals surface area (Å²) in [5, 5.41) is 25.9. The fourth-order valence-corrected chi connectivity index (χ4v) is 15.0. The molecule has 21 nitrogen and oxygen atoms in total. The minimum absolute atomic E-state index is 0.00935. The fourth-order valence-electron chi connectivity index (χ4n) is 14.5. The van der Waals surface area contributed by atoms with Crippen molar-refractivity contribution in [3.8, 4) is 11.5 Å². The third kappa shape index (κ3) is 12.1. The monoisotopic (exact) mass is 1300 g/mol. The lowest BCUT2D eigenvalue weighted by molar-refractivity contribution is -0.174. The van der Waals surface area contributed by atoms with Gasteiger partial charge in [-0.2, -0.15) is 0 Å². The Kier molecular flexibility index (Phi) is 17.4. The largest absolute Gasteiger partial charge is 0.487 e. The number of aliphatic carboxylic acids is 1. The Morgan fingerprint density at radius 3 is 1.52 bits per heavy atom. The number of nitrogens with zero attached hydrogens (tertiary/aromatic N) is 10. The molecule has 4 aromatic rings. The second-order valence-electron chi connectivity index (χ2n) is 26.2. The number of carboxylic acid groups (broad SMARTS) is 1. The smallest absolute Gasteiger partial charge is 0.312 e. The van der Waals surface area contributed by atoms with Gasteiger partial charge in [-0.05, 0) is 111 Å². The maximum absolute atomic E-state index is 14.7. The number of esters is 1. The van der Waals surface area contributed by atoms with Crippen molar-refractivity contribution in [3.05, 3.63) is 79.3 Å². The second kappa shape index (κ2) is 24.2. The number of carbonyl (C=O) groups is 7. The summed E-state index contributed by atoms with van der Waals surface area (Å²) in [7, 11) is 3.97. The van der Waals surface area contributed by atoms with Gasteiger partial charge in [0, 0.05) is 113 Å². The summed E-state index contributed by atoms with van der Waals surface area (Å²) in [5.74, 6) is -8.45. The van der Waals surface area contributed by atoms with Crippen molar-refractivity contribution in [2.24, 2.45) is 47.6 Å². The summed E-state index contributed by atoms with van der Waals surface area (Å²) in [4.78, 5) is 99.7. The van der Waals surface area contributed by atoms with Crippen LogP contribution in [0.1, 0.15) is 161 Å². The van der Waals surface area contributed by atoms with E-state index in [-0.39, 0.29) is 129 Å². The number of benzene rings is 2. The van der Waals surface area contributed by atoms with Crippen LogP contribution < -0.4 is 9.47 Å². The van der Waals surface area contributed by atoms with Gasteiger partial charge >= 0.3 is 11.9 Å². The van der Waals surface area contributed by atoms with Crippen molar-refractivity contribution in [1.82, 2.24) is 49.6 Å². The van der Waals surface area contributed by atoms with Crippen molar-refractivity contribution < 1.29 is 79.2 Å². The maximum atomic E-state index is 14.7. The number of ether oxygens (including phenoxy) is 3. The molecular formula is C61H70Cl2F6N10O11. The molecule has 2 aromatic heterocycles. The van der Waals surface area contributed by atoms with Crippen LogP contribution in [0.5, 0.6) is 11.5 Å². The number of ketones is 1. The van der Waals surface area contributed by atoms with E-state index in [0.29, 0.717) is 64.8 Å². The second-order valence-corrected chi connectivity index (χ2v) is 27.0. The van der Waals surface area contributed by atoms with E-state index in [1.165, 1.54) is 39.1 Å². The predicted octanol–water partition coefficient (Wildman–Crippen LogP) is 8.92. The van der Waals surface area contributed by atoms with Crippen LogP contribution in [0, 0.1) is 33.5 Å². The number of aromatic nitrogens is 6. The summed E-state index contributed by atoms with van der Waals surface area (Å²) in [5.41, 5.74) is -1.67. The van der Waals surface area contributed by atoms with Gasteiger partial charge in [0.25, 0.3) is 12.9 Å². The van der Waals surface area contributed by atoms with Crippen LogP contribution in [0.15, 0.2) is 24.3 Å². The molecule has 0 bridgehead atoms. The number of hydrogen-bond acceptors (Lipinski definition) is 14. The van der Waals surface area contributed by atoms with Crippen LogP contribution in [0.3, 0.4) is 0 Å². The summed E-state index contributed by atoms with van der Waals surface area (Å²) in [6.07, 6.45) is -2.29. The number of hydrogen-bond donors (Lipinski definition) is 1. The predicted molar refractivity (Wildman–Crippen MR) is 306 cm³/mol. The average Bonchev–Trinajstić information content (AvgIpc) is 1.06. The number of methoxy groups -OCH3 is 1. The summed E-state index contributed by atoms with van der Waals surface area (Å²) >= 11 is 13.3. The maximum Gasteiger partial charge on any atom is 0.312 e. The molecule has 8 aliphatic rings. The zero-order valence-corrected chi connectivity index (χ0v) is 51.9. The number of Topliss-reactive ketones (excluding diaryl/α,β-unsaturated/α-hetero) is 1. The Balaban J connectivity index is 0.000000185. The quantitative estimate of drug-likeness (QED) is 0.0813. The number of fused-ring (bicyclic) bond motifs is 2. The van der Waals surface area contributed by atoms with Crippen LogP contribution in [0.2, 0.25) is 10.0 Å². The van der Waals surface area contributed by atoms with Crippen LogP contribution in [0.4, 0.5) is 26.3 Å². The molecule has 4 aliphatic carbocycles. The van der Waals surface area contributed by atoms with E-state index in [1.54, 1.807) is 39.8 Å². The van der Waals surface area contributed by atoms with Crippen molar-refractivity contribution in [1.29, 1.82) is 0 Å². The van der Waals surface area contributed by atoms with Crippen LogP contribution in [0.25, 0.3) is 0 Å². The average molecular weight is 1300 g/mol. The minimum Gasteiger partial charge on any atom is -0.487 e. The molecule has 2 saturated heterocycles.